The summed E-state index contributed by atoms with van der Waals surface area (Å²) in [6.45, 7) is 0. The van der Waals surface area contributed by atoms with Gasteiger partial charge in [-0.25, -0.2) is 4.79 Å². The molecule has 0 amide bonds. The lowest BCUT2D eigenvalue weighted by Gasteiger charge is -2.16. The third-order valence-corrected chi connectivity index (χ3v) is 4.01. The first-order valence-electron chi connectivity index (χ1n) is 7.31. The zero-order chi connectivity index (χ0) is 15.0. The molecule has 110 valence electrons. The maximum Gasteiger partial charge on any atom is 0.340 e. The number of benzene rings is 1. The molecule has 0 radical (unpaired) electrons. The van der Waals surface area contributed by atoms with Crippen LogP contribution in [0.25, 0.3) is 5.65 Å². The Kier molecular flexibility index (Phi) is 2.92. The molecule has 0 bridgehead atoms. The summed E-state index contributed by atoms with van der Waals surface area (Å²) in [5, 5.41) is 7.73. The number of fused-ring (bicyclic) bond motifs is 1. The Morgan fingerprint density at radius 3 is 2.77 bits per heavy atom. The Bertz CT molecular complexity index is 822. The second-order valence-corrected chi connectivity index (χ2v) is 5.75. The standard InChI is InChI=1S/C17H15N3O2/c21-16(14-6-7-15-19-18-12-20(15)11-14)22-17(8-9-17)10-13-4-2-1-3-5-13/h1-7,11-12H,8-10H2. The number of carbonyl (C=O) groups is 1. The van der Waals surface area contributed by atoms with Crippen molar-refractivity contribution in [3.05, 3.63) is 66.1 Å². The zero-order valence-electron chi connectivity index (χ0n) is 12.0. The minimum Gasteiger partial charge on any atom is -0.455 e. The van der Waals surface area contributed by atoms with Gasteiger partial charge in [0.25, 0.3) is 0 Å². The van der Waals surface area contributed by atoms with Crippen molar-refractivity contribution in [2.24, 2.45) is 0 Å². The van der Waals surface area contributed by atoms with E-state index in [2.05, 4.69) is 22.3 Å². The van der Waals surface area contributed by atoms with Gasteiger partial charge in [-0.2, -0.15) is 0 Å². The molecule has 5 nitrogen and oxygen atoms in total. The Balaban J connectivity index is 1.51. The third kappa shape index (κ3) is 2.45. The van der Waals surface area contributed by atoms with E-state index in [9.17, 15) is 4.79 Å². The summed E-state index contributed by atoms with van der Waals surface area (Å²) in [4.78, 5) is 12.4. The lowest BCUT2D eigenvalue weighted by Crippen LogP contribution is -2.22. The van der Waals surface area contributed by atoms with Gasteiger partial charge in [0.2, 0.25) is 0 Å². The van der Waals surface area contributed by atoms with E-state index in [1.54, 1.807) is 29.1 Å². The van der Waals surface area contributed by atoms with E-state index in [1.807, 2.05) is 18.2 Å². The summed E-state index contributed by atoms with van der Waals surface area (Å²) >= 11 is 0. The van der Waals surface area contributed by atoms with Gasteiger partial charge in [-0.1, -0.05) is 30.3 Å². The Labute approximate surface area is 127 Å². The maximum absolute atomic E-state index is 12.4. The highest BCUT2D eigenvalue weighted by Gasteiger charge is 2.46. The van der Waals surface area contributed by atoms with E-state index >= 15 is 0 Å². The van der Waals surface area contributed by atoms with Crippen LogP contribution in [0.15, 0.2) is 55.0 Å². The fourth-order valence-corrected chi connectivity index (χ4v) is 2.63. The molecule has 2 aromatic heterocycles. The Hall–Kier alpha value is -2.69. The van der Waals surface area contributed by atoms with Gasteiger partial charge in [0.1, 0.15) is 11.9 Å². The summed E-state index contributed by atoms with van der Waals surface area (Å²) < 4.78 is 7.49. The first-order chi connectivity index (χ1) is 10.7. The number of carbonyl (C=O) groups excluding carboxylic acids is 1. The molecule has 0 unspecified atom stereocenters. The van der Waals surface area contributed by atoms with Crippen LogP contribution in [0.4, 0.5) is 0 Å². The van der Waals surface area contributed by atoms with E-state index in [1.165, 1.54) is 5.56 Å². The highest BCUT2D eigenvalue weighted by atomic mass is 16.6. The van der Waals surface area contributed by atoms with Gasteiger partial charge < -0.3 is 4.74 Å². The minimum atomic E-state index is -0.333. The van der Waals surface area contributed by atoms with Crippen LogP contribution in [0, 0.1) is 0 Å². The highest BCUT2D eigenvalue weighted by molar-refractivity contribution is 5.89. The van der Waals surface area contributed by atoms with Crippen molar-refractivity contribution in [3.63, 3.8) is 0 Å². The average molecular weight is 293 g/mol. The fraction of sp³-hybridized carbons (Fsp3) is 0.235. The minimum absolute atomic E-state index is 0.288. The molecule has 0 N–H and O–H groups in total. The van der Waals surface area contributed by atoms with Crippen molar-refractivity contribution in [1.82, 2.24) is 14.6 Å². The molecular formula is C17H15N3O2. The molecular weight excluding hydrogens is 278 g/mol. The molecule has 0 saturated heterocycles. The Morgan fingerprint density at radius 1 is 1.18 bits per heavy atom. The molecule has 5 heteroatoms. The zero-order valence-corrected chi connectivity index (χ0v) is 12.0. The summed E-state index contributed by atoms with van der Waals surface area (Å²) in [6, 6.07) is 13.6. The number of nitrogens with zero attached hydrogens (tertiary/aromatic N) is 3. The average Bonchev–Trinajstić information content (AvgIpc) is 3.12. The highest BCUT2D eigenvalue weighted by Crippen LogP contribution is 2.43. The van der Waals surface area contributed by atoms with Gasteiger partial charge in [0.15, 0.2) is 5.65 Å². The summed E-state index contributed by atoms with van der Waals surface area (Å²) in [5.41, 5.74) is 2.09. The van der Waals surface area contributed by atoms with E-state index in [4.69, 9.17) is 4.74 Å². The smallest absolute Gasteiger partial charge is 0.340 e. The molecule has 1 aromatic carbocycles. The second-order valence-electron chi connectivity index (χ2n) is 5.75. The number of pyridine rings is 1. The third-order valence-electron chi connectivity index (χ3n) is 4.01. The molecule has 22 heavy (non-hydrogen) atoms. The van der Waals surface area contributed by atoms with Crippen molar-refractivity contribution in [2.45, 2.75) is 24.9 Å². The van der Waals surface area contributed by atoms with Gasteiger partial charge in [-0.15, -0.1) is 10.2 Å². The van der Waals surface area contributed by atoms with E-state index in [0.717, 1.165) is 19.3 Å². The maximum atomic E-state index is 12.4. The summed E-state index contributed by atoms with van der Waals surface area (Å²) in [6.07, 6.45) is 5.89. The second kappa shape index (κ2) is 4.94. The van der Waals surface area contributed by atoms with Crippen LogP contribution in [-0.2, 0) is 11.2 Å². The molecule has 1 aliphatic carbocycles. The summed E-state index contributed by atoms with van der Waals surface area (Å²) in [7, 11) is 0. The van der Waals surface area contributed by atoms with Crippen LogP contribution in [0.2, 0.25) is 0 Å². The van der Waals surface area contributed by atoms with E-state index in [0.29, 0.717) is 11.2 Å². The fourth-order valence-electron chi connectivity index (χ4n) is 2.63. The van der Waals surface area contributed by atoms with Gasteiger partial charge in [-0.3, -0.25) is 4.40 Å². The molecule has 0 atom stereocenters. The largest absolute Gasteiger partial charge is 0.455 e. The van der Waals surface area contributed by atoms with Crippen LogP contribution in [-0.4, -0.2) is 26.2 Å². The van der Waals surface area contributed by atoms with Crippen LogP contribution in [0.3, 0.4) is 0 Å². The molecule has 0 aliphatic heterocycles. The molecule has 1 aliphatic rings. The molecule has 3 aromatic rings. The summed E-state index contributed by atoms with van der Waals surface area (Å²) in [5.74, 6) is -0.288. The van der Waals surface area contributed by atoms with E-state index < -0.39 is 0 Å². The lowest BCUT2D eigenvalue weighted by atomic mass is 10.1. The van der Waals surface area contributed by atoms with Crippen LogP contribution in [0.5, 0.6) is 0 Å². The molecule has 1 fully saturated rings. The normalized spacial score (nSPS) is 15.6. The number of ether oxygens (including phenoxy) is 1. The van der Waals surface area contributed by atoms with Gasteiger partial charge >= 0.3 is 5.97 Å². The quantitative estimate of drug-likeness (QED) is 0.694. The molecule has 0 spiro atoms. The topological polar surface area (TPSA) is 56.5 Å². The monoisotopic (exact) mass is 293 g/mol. The number of hydrogen-bond acceptors (Lipinski definition) is 4. The SMILES string of the molecule is O=C(OC1(Cc2ccccc2)CC1)c1ccc2nncn2c1. The van der Waals surface area contributed by atoms with Crippen molar-refractivity contribution < 1.29 is 9.53 Å². The van der Waals surface area contributed by atoms with Crippen molar-refractivity contribution in [1.29, 1.82) is 0 Å². The van der Waals surface area contributed by atoms with Crippen molar-refractivity contribution >= 4 is 11.6 Å². The van der Waals surface area contributed by atoms with Crippen LogP contribution in [0.1, 0.15) is 28.8 Å². The molecule has 4 rings (SSSR count). The van der Waals surface area contributed by atoms with Gasteiger partial charge in [-0.05, 0) is 30.5 Å². The molecule has 1 saturated carbocycles. The number of rotatable bonds is 4. The molecule has 2 heterocycles. The first-order valence-corrected chi connectivity index (χ1v) is 7.31. The van der Waals surface area contributed by atoms with Crippen molar-refractivity contribution in [3.8, 4) is 0 Å². The lowest BCUT2D eigenvalue weighted by molar-refractivity contribution is 0.0227. The Morgan fingerprint density at radius 2 is 2.00 bits per heavy atom. The van der Waals surface area contributed by atoms with Crippen molar-refractivity contribution in [2.75, 3.05) is 0 Å². The van der Waals surface area contributed by atoms with E-state index in [-0.39, 0.29) is 11.6 Å². The predicted molar refractivity (Wildman–Crippen MR) is 80.5 cm³/mol. The predicted octanol–water partition coefficient (Wildman–Crippen LogP) is 2.66. The van der Waals surface area contributed by atoms with Gasteiger partial charge in [0, 0.05) is 12.6 Å². The number of aromatic nitrogens is 3. The van der Waals surface area contributed by atoms with Gasteiger partial charge in [0.05, 0.1) is 5.56 Å². The first kappa shape index (κ1) is 13.0. The number of esters is 1. The van der Waals surface area contributed by atoms with Crippen LogP contribution < -0.4 is 0 Å². The van der Waals surface area contributed by atoms with Crippen LogP contribution >= 0.6 is 0 Å². The number of hydrogen-bond donors (Lipinski definition) is 0.